The molecule has 0 aliphatic carbocycles. The molecule has 0 saturated heterocycles. The summed E-state index contributed by atoms with van der Waals surface area (Å²) in [5.41, 5.74) is 1.74. The third kappa shape index (κ3) is 2.07. The highest BCUT2D eigenvalue weighted by molar-refractivity contribution is 6.20. The van der Waals surface area contributed by atoms with Crippen molar-refractivity contribution in [1.29, 1.82) is 0 Å². The first-order valence-electron chi connectivity index (χ1n) is 4.52. The highest BCUT2D eigenvalue weighted by Gasteiger charge is 2.09. The number of alkyl halides is 1. The SMILES string of the molecule is C=Cc1ccc(C(Cl)n2cncn2)cc1. The van der Waals surface area contributed by atoms with Crippen LogP contribution in [-0.4, -0.2) is 14.8 Å². The van der Waals surface area contributed by atoms with Crippen molar-refractivity contribution in [3.8, 4) is 0 Å². The van der Waals surface area contributed by atoms with Crippen molar-refractivity contribution >= 4 is 17.7 Å². The number of hydrogen-bond acceptors (Lipinski definition) is 2. The van der Waals surface area contributed by atoms with E-state index in [0.717, 1.165) is 11.1 Å². The smallest absolute Gasteiger partial charge is 0.152 e. The van der Waals surface area contributed by atoms with Gasteiger partial charge in [-0.15, -0.1) is 0 Å². The summed E-state index contributed by atoms with van der Waals surface area (Å²) in [5.74, 6) is 0. The average Bonchev–Trinajstić information content (AvgIpc) is 2.82. The molecule has 1 aromatic heterocycles. The third-order valence-corrected chi connectivity index (χ3v) is 2.57. The first-order valence-corrected chi connectivity index (χ1v) is 4.95. The van der Waals surface area contributed by atoms with Crippen LogP contribution < -0.4 is 0 Å². The lowest BCUT2D eigenvalue weighted by Crippen LogP contribution is -2.04. The lowest BCUT2D eigenvalue weighted by Gasteiger charge is -2.09. The van der Waals surface area contributed by atoms with Crippen molar-refractivity contribution in [1.82, 2.24) is 14.8 Å². The number of benzene rings is 1. The van der Waals surface area contributed by atoms with Crippen molar-refractivity contribution in [3.05, 3.63) is 54.6 Å². The minimum absolute atomic E-state index is 0.314. The Bertz CT molecular complexity index is 433. The second-order valence-corrected chi connectivity index (χ2v) is 3.50. The standard InChI is InChI=1S/C11H10ClN3/c1-2-9-3-5-10(6-4-9)11(12)15-8-13-7-14-15/h2-8,11H,1H2. The van der Waals surface area contributed by atoms with Gasteiger partial charge in [0.25, 0.3) is 0 Å². The van der Waals surface area contributed by atoms with Gasteiger partial charge < -0.3 is 0 Å². The van der Waals surface area contributed by atoms with E-state index < -0.39 is 0 Å². The van der Waals surface area contributed by atoms with Gasteiger partial charge in [-0.3, -0.25) is 0 Å². The van der Waals surface area contributed by atoms with Crippen LogP contribution in [0.4, 0.5) is 0 Å². The van der Waals surface area contributed by atoms with Crippen LogP contribution >= 0.6 is 11.6 Å². The largest absolute Gasteiger partial charge is 0.230 e. The summed E-state index contributed by atoms with van der Waals surface area (Å²) in [6.45, 7) is 3.69. The number of nitrogens with zero attached hydrogens (tertiary/aromatic N) is 3. The van der Waals surface area contributed by atoms with Crippen molar-refractivity contribution < 1.29 is 0 Å². The highest BCUT2D eigenvalue weighted by Crippen LogP contribution is 2.21. The molecule has 1 unspecified atom stereocenters. The summed E-state index contributed by atoms with van der Waals surface area (Å²) in [7, 11) is 0. The van der Waals surface area contributed by atoms with Gasteiger partial charge in [-0.1, -0.05) is 48.5 Å². The van der Waals surface area contributed by atoms with Crippen molar-refractivity contribution in [3.63, 3.8) is 0 Å². The van der Waals surface area contributed by atoms with Crippen LogP contribution in [0.2, 0.25) is 0 Å². The first kappa shape index (κ1) is 9.93. The molecule has 0 amide bonds. The van der Waals surface area contributed by atoms with Crippen molar-refractivity contribution in [2.24, 2.45) is 0 Å². The van der Waals surface area contributed by atoms with Crippen LogP contribution in [0.1, 0.15) is 16.6 Å². The third-order valence-electron chi connectivity index (χ3n) is 2.12. The lowest BCUT2D eigenvalue weighted by molar-refractivity contribution is 0.660. The Morgan fingerprint density at radius 1 is 1.33 bits per heavy atom. The Hall–Kier alpha value is -1.61. The lowest BCUT2D eigenvalue weighted by atomic mass is 10.1. The average molecular weight is 220 g/mol. The van der Waals surface area contributed by atoms with E-state index in [0.29, 0.717) is 0 Å². The molecule has 0 radical (unpaired) electrons. The van der Waals surface area contributed by atoms with Crippen LogP contribution in [0.3, 0.4) is 0 Å². The highest BCUT2D eigenvalue weighted by atomic mass is 35.5. The van der Waals surface area contributed by atoms with Crippen LogP contribution in [0.15, 0.2) is 43.5 Å². The monoisotopic (exact) mass is 219 g/mol. The van der Waals surface area contributed by atoms with Gasteiger partial charge in [-0.2, -0.15) is 5.10 Å². The van der Waals surface area contributed by atoms with E-state index in [-0.39, 0.29) is 5.50 Å². The van der Waals surface area contributed by atoms with Crippen LogP contribution in [0, 0.1) is 0 Å². The molecule has 76 valence electrons. The number of hydrogen-bond donors (Lipinski definition) is 0. The molecular formula is C11H10ClN3. The van der Waals surface area contributed by atoms with Crippen LogP contribution in [-0.2, 0) is 0 Å². The van der Waals surface area contributed by atoms with Crippen molar-refractivity contribution in [2.75, 3.05) is 0 Å². The Balaban J connectivity index is 2.26. The second-order valence-electron chi connectivity index (χ2n) is 3.08. The van der Waals surface area contributed by atoms with Crippen LogP contribution in [0.5, 0.6) is 0 Å². The minimum Gasteiger partial charge on any atom is -0.230 e. The van der Waals surface area contributed by atoms with Crippen molar-refractivity contribution in [2.45, 2.75) is 5.50 Å². The van der Waals surface area contributed by atoms with Gasteiger partial charge in [0.2, 0.25) is 0 Å². The van der Waals surface area contributed by atoms with Gasteiger partial charge in [0, 0.05) is 0 Å². The van der Waals surface area contributed by atoms with Gasteiger partial charge in [0.1, 0.15) is 12.7 Å². The molecule has 0 aliphatic heterocycles. The molecule has 0 spiro atoms. The molecule has 1 aromatic carbocycles. The Morgan fingerprint density at radius 3 is 2.60 bits per heavy atom. The quantitative estimate of drug-likeness (QED) is 0.744. The molecule has 4 heteroatoms. The molecule has 0 N–H and O–H groups in total. The normalized spacial score (nSPS) is 12.3. The molecule has 15 heavy (non-hydrogen) atoms. The summed E-state index contributed by atoms with van der Waals surface area (Å²) in [6.07, 6.45) is 4.86. The number of halogens is 1. The summed E-state index contributed by atoms with van der Waals surface area (Å²) < 4.78 is 1.60. The van der Waals surface area contributed by atoms with Gasteiger partial charge >= 0.3 is 0 Å². The maximum atomic E-state index is 6.20. The maximum Gasteiger partial charge on any atom is 0.152 e. The summed E-state index contributed by atoms with van der Waals surface area (Å²) in [6, 6.07) is 7.84. The molecule has 0 bridgehead atoms. The Labute approximate surface area is 93.0 Å². The Morgan fingerprint density at radius 2 is 2.07 bits per heavy atom. The van der Waals surface area contributed by atoms with Gasteiger partial charge in [0.05, 0.1) is 0 Å². The molecular weight excluding hydrogens is 210 g/mol. The zero-order valence-corrected chi connectivity index (χ0v) is 8.80. The van der Waals surface area contributed by atoms with Gasteiger partial charge in [-0.05, 0) is 11.1 Å². The van der Waals surface area contributed by atoms with Gasteiger partial charge in [-0.25, -0.2) is 9.67 Å². The number of rotatable bonds is 3. The molecule has 3 nitrogen and oxygen atoms in total. The molecule has 0 fully saturated rings. The molecule has 0 saturated carbocycles. The van der Waals surface area contributed by atoms with E-state index in [4.69, 9.17) is 11.6 Å². The maximum absolute atomic E-state index is 6.20. The predicted octanol–water partition coefficient (Wildman–Crippen LogP) is 2.71. The van der Waals surface area contributed by atoms with E-state index in [1.54, 1.807) is 17.1 Å². The van der Waals surface area contributed by atoms with E-state index in [2.05, 4.69) is 16.7 Å². The number of aromatic nitrogens is 3. The molecule has 2 rings (SSSR count). The fourth-order valence-electron chi connectivity index (χ4n) is 1.28. The molecule has 1 heterocycles. The van der Waals surface area contributed by atoms with Gasteiger partial charge in [0.15, 0.2) is 5.50 Å². The van der Waals surface area contributed by atoms with E-state index in [1.165, 1.54) is 6.33 Å². The summed E-state index contributed by atoms with van der Waals surface area (Å²) in [5, 5.41) is 3.99. The van der Waals surface area contributed by atoms with E-state index in [1.807, 2.05) is 24.3 Å². The molecule has 0 aliphatic rings. The predicted molar refractivity (Wildman–Crippen MR) is 60.5 cm³/mol. The summed E-state index contributed by atoms with van der Waals surface area (Å²) >= 11 is 6.20. The van der Waals surface area contributed by atoms with Crippen LogP contribution in [0.25, 0.3) is 6.08 Å². The zero-order valence-electron chi connectivity index (χ0n) is 8.05. The fourth-order valence-corrected chi connectivity index (χ4v) is 1.52. The summed E-state index contributed by atoms with van der Waals surface area (Å²) in [4.78, 5) is 3.85. The van der Waals surface area contributed by atoms with E-state index >= 15 is 0 Å². The van der Waals surface area contributed by atoms with E-state index in [9.17, 15) is 0 Å². The Kier molecular flexibility index (Phi) is 2.83. The zero-order chi connectivity index (χ0) is 10.7. The fraction of sp³-hybridized carbons (Fsp3) is 0.0909. The minimum atomic E-state index is -0.314. The topological polar surface area (TPSA) is 30.7 Å². The molecule has 1 atom stereocenters. The second kappa shape index (κ2) is 4.28. The first-order chi connectivity index (χ1) is 7.31. The molecule has 2 aromatic rings.